The Labute approximate surface area is 196 Å². The quantitative estimate of drug-likeness (QED) is 0.574. The second-order valence-corrected chi connectivity index (χ2v) is 9.36. The number of halogens is 1. The number of benzene rings is 2. The van der Waals surface area contributed by atoms with Crippen LogP contribution in [0.25, 0.3) is 0 Å². The number of hydrogen-bond donors (Lipinski definition) is 1. The Morgan fingerprint density at radius 3 is 2.15 bits per heavy atom. The average Bonchev–Trinajstić information content (AvgIpc) is 2.83. The first-order chi connectivity index (χ1) is 16.1. The zero-order valence-corrected chi connectivity index (χ0v) is 19.4. The lowest BCUT2D eigenvalue weighted by molar-refractivity contribution is -0.117. The molecule has 3 rings (SSSR count). The zero-order valence-electron chi connectivity index (χ0n) is 18.6. The van der Waals surface area contributed by atoms with E-state index in [1.54, 1.807) is 4.90 Å². The lowest BCUT2D eigenvalue weighted by Gasteiger charge is -2.33. The van der Waals surface area contributed by atoms with Gasteiger partial charge in [-0.1, -0.05) is 0 Å². The third-order valence-electron chi connectivity index (χ3n) is 5.27. The van der Waals surface area contributed by atoms with E-state index in [2.05, 4.69) is 10.1 Å². The van der Waals surface area contributed by atoms with Gasteiger partial charge < -0.3 is 14.8 Å². The van der Waals surface area contributed by atoms with Crippen LogP contribution in [0, 0.1) is 5.82 Å². The van der Waals surface area contributed by atoms with E-state index < -0.39 is 33.7 Å². The number of piperazine rings is 1. The number of methoxy groups -OCH3 is 2. The lowest BCUT2D eigenvalue weighted by Crippen LogP contribution is -2.50. The number of nitrogens with one attached hydrogen (secondary N) is 1. The summed E-state index contributed by atoms with van der Waals surface area (Å²) in [5.41, 5.74) is 0.307. The summed E-state index contributed by atoms with van der Waals surface area (Å²) in [6.07, 6.45) is 0. The van der Waals surface area contributed by atoms with Crippen LogP contribution >= 0.6 is 0 Å². The Kier molecular flexibility index (Phi) is 7.97. The molecule has 182 valence electrons. The number of nitrogens with zero attached hydrogens (tertiary/aromatic N) is 2. The molecular formula is C22H24FN3O7S. The highest BCUT2D eigenvalue weighted by Gasteiger charge is 2.29. The molecule has 1 amide bonds. The third-order valence-corrected chi connectivity index (χ3v) is 7.18. The third kappa shape index (κ3) is 5.76. The highest BCUT2D eigenvalue weighted by atomic mass is 32.2. The minimum Gasteiger partial charge on any atom is -0.465 e. The van der Waals surface area contributed by atoms with Gasteiger partial charge in [0.25, 0.3) is 0 Å². The molecule has 0 atom stereocenters. The van der Waals surface area contributed by atoms with Crippen LogP contribution in [0.4, 0.5) is 10.1 Å². The monoisotopic (exact) mass is 493 g/mol. The standard InChI is InChI=1S/C22H24FN3O7S/c1-32-21(28)15-3-8-18(22(29)33-2)19(13-15)24-20(27)14-25-9-11-26(12-10-25)34(30,31)17-6-4-16(23)5-7-17/h3-8,13H,9-12,14H2,1-2H3,(H,24,27). The minimum absolute atomic E-state index is 0.000852. The Hall–Kier alpha value is -3.35. The Morgan fingerprint density at radius 1 is 0.941 bits per heavy atom. The van der Waals surface area contributed by atoms with E-state index in [9.17, 15) is 27.2 Å². The van der Waals surface area contributed by atoms with Crippen LogP contribution in [0.5, 0.6) is 0 Å². The van der Waals surface area contributed by atoms with Crippen molar-refractivity contribution < 1.29 is 36.7 Å². The van der Waals surface area contributed by atoms with Gasteiger partial charge in [0.1, 0.15) is 5.82 Å². The van der Waals surface area contributed by atoms with Crippen molar-refractivity contribution in [3.63, 3.8) is 0 Å². The number of rotatable bonds is 7. The van der Waals surface area contributed by atoms with Gasteiger partial charge in [-0.15, -0.1) is 0 Å². The van der Waals surface area contributed by atoms with E-state index in [0.29, 0.717) is 13.1 Å². The van der Waals surface area contributed by atoms with Crippen LogP contribution in [0.15, 0.2) is 47.4 Å². The summed E-state index contributed by atoms with van der Waals surface area (Å²) in [6.45, 7) is 0.823. The highest BCUT2D eigenvalue weighted by Crippen LogP contribution is 2.21. The number of carbonyl (C=O) groups is 3. The van der Waals surface area contributed by atoms with Crippen LogP contribution in [0.3, 0.4) is 0 Å². The molecule has 0 aliphatic carbocycles. The first-order valence-electron chi connectivity index (χ1n) is 10.2. The molecule has 1 heterocycles. The minimum atomic E-state index is -3.77. The predicted molar refractivity (Wildman–Crippen MR) is 119 cm³/mol. The molecule has 1 fully saturated rings. The van der Waals surface area contributed by atoms with E-state index in [0.717, 1.165) is 12.1 Å². The van der Waals surface area contributed by atoms with Crippen molar-refractivity contribution in [2.45, 2.75) is 4.90 Å². The van der Waals surface area contributed by atoms with Gasteiger partial charge >= 0.3 is 11.9 Å². The molecule has 0 radical (unpaired) electrons. The molecule has 0 saturated carbocycles. The predicted octanol–water partition coefficient (Wildman–Crippen LogP) is 1.34. The maximum absolute atomic E-state index is 13.1. The van der Waals surface area contributed by atoms with Crippen molar-refractivity contribution in [2.24, 2.45) is 0 Å². The number of amides is 1. The zero-order chi connectivity index (χ0) is 24.9. The van der Waals surface area contributed by atoms with E-state index in [1.807, 2.05) is 0 Å². The van der Waals surface area contributed by atoms with Crippen molar-refractivity contribution in [1.82, 2.24) is 9.21 Å². The van der Waals surface area contributed by atoms with Crippen LogP contribution in [-0.2, 0) is 24.3 Å². The maximum Gasteiger partial charge on any atom is 0.339 e. The second kappa shape index (κ2) is 10.7. The van der Waals surface area contributed by atoms with Gasteiger partial charge in [0.15, 0.2) is 0 Å². The molecule has 34 heavy (non-hydrogen) atoms. The summed E-state index contributed by atoms with van der Waals surface area (Å²) in [4.78, 5) is 38.3. The van der Waals surface area contributed by atoms with Crippen LogP contribution in [-0.4, -0.2) is 82.4 Å². The first-order valence-corrected chi connectivity index (χ1v) is 11.7. The lowest BCUT2D eigenvalue weighted by atomic mass is 10.1. The van der Waals surface area contributed by atoms with Gasteiger partial charge in [-0.25, -0.2) is 22.4 Å². The molecule has 0 unspecified atom stereocenters. The van der Waals surface area contributed by atoms with Gasteiger partial charge in [-0.05, 0) is 42.5 Å². The molecule has 1 saturated heterocycles. The van der Waals surface area contributed by atoms with Crippen LogP contribution in [0.1, 0.15) is 20.7 Å². The number of esters is 2. The van der Waals surface area contributed by atoms with Crippen molar-refractivity contribution in [1.29, 1.82) is 0 Å². The number of carbonyl (C=O) groups excluding carboxylic acids is 3. The average molecular weight is 494 g/mol. The van der Waals surface area contributed by atoms with Crippen molar-refractivity contribution in [2.75, 3.05) is 52.3 Å². The maximum atomic E-state index is 13.1. The first kappa shape index (κ1) is 25.3. The summed E-state index contributed by atoms with van der Waals surface area (Å²) in [5, 5.41) is 2.61. The van der Waals surface area contributed by atoms with Gasteiger partial charge in [-0.3, -0.25) is 9.69 Å². The normalized spacial score (nSPS) is 14.9. The number of anilines is 1. The van der Waals surface area contributed by atoms with Gasteiger partial charge in [0, 0.05) is 26.2 Å². The molecule has 0 spiro atoms. The molecule has 2 aromatic carbocycles. The molecule has 2 aromatic rings. The molecule has 1 aliphatic heterocycles. The topological polar surface area (TPSA) is 122 Å². The van der Waals surface area contributed by atoms with Crippen LogP contribution in [0.2, 0.25) is 0 Å². The van der Waals surface area contributed by atoms with Crippen molar-refractivity contribution in [3.05, 3.63) is 59.4 Å². The molecule has 10 nitrogen and oxygen atoms in total. The summed E-state index contributed by atoms with van der Waals surface area (Å²) < 4.78 is 49.3. The fraction of sp³-hybridized carbons (Fsp3) is 0.318. The summed E-state index contributed by atoms with van der Waals surface area (Å²) in [6, 6.07) is 8.67. The molecule has 1 aliphatic rings. The van der Waals surface area contributed by atoms with E-state index in [4.69, 9.17) is 4.74 Å². The van der Waals surface area contributed by atoms with Gasteiger partial charge in [0.05, 0.1) is 42.5 Å². The van der Waals surface area contributed by atoms with Crippen molar-refractivity contribution >= 4 is 33.6 Å². The fourth-order valence-electron chi connectivity index (χ4n) is 3.46. The number of sulfonamides is 1. The number of hydrogen-bond acceptors (Lipinski definition) is 8. The van der Waals surface area contributed by atoms with Gasteiger partial charge in [-0.2, -0.15) is 4.31 Å². The Bertz CT molecular complexity index is 1180. The van der Waals surface area contributed by atoms with Crippen LogP contribution < -0.4 is 5.32 Å². The van der Waals surface area contributed by atoms with E-state index in [-0.39, 0.29) is 41.3 Å². The molecule has 0 aromatic heterocycles. The smallest absolute Gasteiger partial charge is 0.339 e. The van der Waals surface area contributed by atoms with E-state index >= 15 is 0 Å². The summed E-state index contributed by atoms with van der Waals surface area (Å²) >= 11 is 0. The highest BCUT2D eigenvalue weighted by molar-refractivity contribution is 7.89. The van der Waals surface area contributed by atoms with Crippen molar-refractivity contribution in [3.8, 4) is 0 Å². The Balaban J connectivity index is 1.64. The van der Waals surface area contributed by atoms with E-state index in [1.165, 1.54) is 48.9 Å². The molecular weight excluding hydrogens is 469 g/mol. The SMILES string of the molecule is COC(=O)c1ccc(C(=O)OC)c(NC(=O)CN2CCN(S(=O)(=O)c3ccc(F)cc3)CC2)c1. The summed E-state index contributed by atoms with van der Waals surface area (Å²) in [5.74, 6) is -2.30. The second-order valence-electron chi connectivity index (χ2n) is 7.43. The van der Waals surface area contributed by atoms with Gasteiger partial charge in [0.2, 0.25) is 15.9 Å². The largest absolute Gasteiger partial charge is 0.465 e. The fourth-order valence-corrected chi connectivity index (χ4v) is 4.88. The molecule has 12 heteroatoms. The summed E-state index contributed by atoms with van der Waals surface area (Å²) in [7, 11) is -1.36. The molecule has 1 N–H and O–H groups in total. The Morgan fingerprint density at radius 2 is 1.56 bits per heavy atom. The molecule has 0 bridgehead atoms. The number of ether oxygens (including phenoxy) is 2.